The Labute approximate surface area is 101 Å². The van der Waals surface area contributed by atoms with Gasteiger partial charge in [-0.1, -0.05) is 0 Å². The van der Waals surface area contributed by atoms with Crippen LogP contribution in [0.15, 0.2) is 0 Å². The minimum absolute atomic E-state index is 0.0408. The molecular weight excluding hydrogens is 222 g/mol. The summed E-state index contributed by atoms with van der Waals surface area (Å²) in [6, 6.07) is -0.0408. The summed E-state index contributed by atoms with van der Waals surface area (Å²) in [6.45, 7) is 5.42. The van der Waals surface area contributed by atoms with Crippen LogP contribution in [0, 0.1) is 11.3 Å². The molecule has 1 atom stereocenters. The second kappa shape index (κ2) is 3.62. The van der Waals surface area contributed by atoms with Crippen molar-refractivity contribution >= 4 is 12.1 Å². The molecule has 3 saturated carbocycles. The zero-order chi connectivity index (χ0) is 12.8. The lowest BCUT2D eigenvalue weighted by atomic mass is 9.70. The summed E-state index contributed by atoms with van der Waals surface area (Å²) in [5.74, 6) is -0.430. The molecule has 0 radical (unpaired) electrons. The minimum atomic E-state index is -0.734. The number of rotatable bonds is 2. The predicted molar refractivity (Wildman–Crippen MR) is 60.6 cm³/mol. The van der Waals surface area contributed by atoms with E-state index >= 15 is 0 Å². The van der Waals surface area contributed by atoms with Gasteiger partial charge in [0.25, 0.3) is 0 Å². The van der Waals surface area contributed by atoms with Crippen LogP contribution in [-0.2, 0) is 9.53 Å². The lowest BCUT2D eigenvalue weighted by molar-refractivity contribution is -0.153. The normalized spacial score (nSPS) is 35.0. The van der Waals surface area contributed by atoms with Crippen LogP contribution in [0.5, 0.6) is 0 Å². The number of hydrogen-bond donors (Lipinski definition) is 2. The molecule has 2 N–H and O–H groups in total. The van der Waals surface area contributed by atoms with Gasteiger partial charge in [0.05, 0.1) is 5.41 Å². The average molecular weight is 241 g/mol. The maximum atomic E-state index is 11.6. The fourth-order valence-electron chi connectivity index (χ4n) is 2.87. The van der Waals surface area contributed by atoms with E-state index in [1.807, 2.05) is 0 Å². The second-order valence-electron chi connectivity index (χ2n) is 6.21. The highest BCUT2D eigenvalue weighted by Crippen LogP contribution is 2.58. The van der Waals surface area contributed by atoms with Gasteiger partial charge in [0, 0.05) is 6.04 Å². The van der Waals surface area contributed by atoms with Gasteiger partial charge in [-0.15, -0.1) is 0 Å². The van der Waals surface area contributed by atoms with Crippen LogP contribution >= 0.6 is 0 Å². The highest BCUT2D eigenvalue weighted by atomic mass is 16.6. The zero-order valence-corrected chi connectivity index (χ0v) is 10.4. The molecule has 1 amide bonds. The molecule has 17 heavy (non-hydrogen) atoms. The van der Waals surface area contributed by atoms with E-state index in [9.17, 15) is 9.59 Å². The number of carbonyl (C=O) groups is 2. The van der Waals surface area contributed by atoms with Crippen LogP contribution in [0.2, 0.25) is 0 Å². The Morgan fingerprint density at radius 1 is 1.29 bits per heavy atom. The molecule has 2 bridgehead atoms. The molecule has 0 aromatic heterocycles. The Morgan fingerprint density at radius 2 is 1.88 bits per heavy atom. The second-order valence-corrected chi connectivity index (χ2v) is 6.21. The van der Waals surface area contributed by atoms with Crippen molar-refractivity contribution < 1.29 is 19.4 Å². The van der Waals surface area contributed by atoms with Crippen LogP contribution in [-0.4, -0.2) is 28.8 Å². The summed E-state index contributed by atoms with van der Waals surface area (Å²) < 4.78 is 5.16. The van der Waals surface area contributed by atoms with Crippen molar-refractivity contribution in [1.29, 1.82) is 0 Å². The van der Waals surface area contributed by atoms with Gasteiger partial charge in [-0.3, -0.25) is 4.79 Å². The van der Waals surface area contributed by atoms with E-state index in [1.165, 1.54) is 0 Å². The van der Waals surface area contributed by atoms with Crippen LogP contribution in [0.4, 0.5) is 4.79 Å². The summed E-state index contributed by atoms with van der Waals surface area (Å²) in [4.78, 5) is 22.6. The molecule has 0 saturated heterocycles. The van der Waals surface area contributed by atoms with E-state index in [0.29, 0.717) is 25.2 Å². The lowest BCUT2D eigenvalue weighted by Gasteiger charge is -2.34. The van der Waals surface area contributed by atoms with E-state index in [0.717, 1.165) is 0 Å². The molecule has 3 fully saturated rings. The Hall–Kier alpha value is -1.26. The Morgan fingerprint density at radius 3 is 2.29 bits per heavy atom. The minimum Gasteiger partial charge on any atom is -0.481 e. The number of ether oxygens (including phenoxy) is 1. The van der Waals surface area contributed by atoms with Gasteiger partial charge < -0.3 is 15.2 Å². The quantitative estimate of drug-likeness (QED) is 0.772. The van der Waals surface area contributed by atoms with E-state index in [-0.39, 0.29) is 6.04 Å². The van der Waals surface area contributed by atoms with E-state index < -0.39 is 23.1 Å². The van der Waals surface area contributed by atoms with Gasteiger partial charge in [0.2, 0.25) is 0 Å². The molecule has 5 heteroatoms. The molecule has 5 nitrogen and oxygen atoms in total. The predicted octanol–water partition coefficient (Wildman–Crippen LogP) is 1.76. The molecule has 0 heterocycles. The topological polar surface area (TPSA) is 75.6 Å². The summed E-state index contributed by atoms with van der Waals surface area (Å²) in [6.07, 6.45) is 1.45. The lowest BCUT2D eigenvalue weighted by Crippen LogP contribution is -2.41. The van der Waals surface area contributed by atoms with Gasteiger partial charge in [-0.05, 0) is 46.0 Å². The van der Waals surface area contributed by atoms with Crippen molar-refractivity contribution in [3.63, 3.8) is 0 Å². The molecule has 0 aliphatic heterocycles. The third-order valence-electron chi connectivity index (χ3n) is 3.64. The number of aliphatic carboxylic acids is 1. The first-order valence-electron chi connectivity index (χ1n) is 5.95. The maximum Gasteiger partial charge on any atom is 0.407 e. The molecule has 96 valence electrons. The Kier molecular flexibility index (Phi) is 2.60. The number of hydrogen-bond acceptors (Lipinski definition) is 3. The van der Waals surface area contributed by atoms with Gasteiger partial charge in [-0.2, -0.15) is 0 Å². The number of carboxylic acids is 1. The van der Waals surface area contributed by atoms with E-state index in [1.54, 1.807) is 20.8 Å². The monoisotopic (exact) mass is 241 g/mol. The summed E-state index contributed by atoms with van der Waals surface area (Å²) in [7, 11) is 0. The number of alkyl carbamates (subject to hydrolysis) is 1. The van der Waals surface area contributed by atoms with Crippen molar-refractivity contribution in [3.05, 3.63) is 0 Å². The molecular formula is C12H19NO4. The third kappa shape index (κ3) is 2.23. The number of carbonyl (C=O) groups excluding carboxylic acids is 1. The molecule has 3 aliphatic carbocycles. The fraction of sp³-hybridized carbons (Fsp3) is 0.833. The van der Waals surface area contributed by atoms with Gasteiger partial charge in [0.15, 0.2) is 0 Å². The summed E-state index contributed by atoms with van der Waals surface area (Å²) >= 11 is 0. The SMILES string of the molecule is CC(C)(C)OC(=O)N[C@H]1C[C@]2(C(=O)O)C[C@@H]1C2. The summed E-state index contributed by atoms with van der Waals surface area (Å²) in [5, 5.41) is 11.9. The van der Waals surface area contributed by atoms with E-state index in [2.05, 4.69) is 5.32 Å². The van der Waals surface area contributed by atoms with Crippen molar-refractivity contribution in [2.45, 2.75) is 51.7 Å². The highest BCUT2D eigenvalue weighted by Gasteiger charge is 2.61. The van der Waals surface area contributed by atoms with Crippen LogP contribution in [0.25, 0.3) is 0 Å². The molecule has 3 rings (SSSR count). The van der Waals surface area contributed by atoms with Crippen molar-refractivity contribution in [2.75, 3.05) is 0 Å². The smallest absolute Gasteiger partial charge is 0.407 e. The van der Waals surface area contributed by atoms with Crippen LogP contribution < -0.4 is 5.32 Å². The standard InChI is InChI=1S/C12H19NO4/c1-11(2,3)17-10(16)13-8-6-12(9(14)15)4-7(8)5-12/h7-8H,4-6H2,1-3H3,(H,13,16)(H,14,15)/t7-,8-,12+/m0/s1. The van der Waals surface area contributed by atoms with Crippen LogP contribution in [0.3, 0.4) is 0 Å². The number of amides is 1. The number of fused-ring (bicyclic) bond motifs is 1. The first kappa shape index (κ1) is 12.2. The van der Waals surface area contributed by atoms with Crippen molar-refractivity contribution in [2.24, 2.45) is 11.3 Å². The highest BCUT2D eigenvalue weighted by molar-refractivity contribution is 5.78. The van der Waals surface area contributed by atoms with Gasteiger partial charge in [0.1, 0.15) is 5.60 Å². The number of nitrogens with one attached hydrogen (secondary N) is 1. The maximum absolute atomic E-state index is 11.6. The Balaban J connectivity index is 1.87. The summed E-state index contributed by atoms with van der Waals surface area (Å²) in [5.41, 5.74) is -1.10. The zero-order valence-electron chi connectivity index (χ0n) is 10.4. The van der Waals surface area contributed by atoms with Gasteiger partial charge in [-0.25, -0.2) is 4.79 Å². The van der Waals surface area contributed by atoms with Gasteiger partial charge >= 0.3 is 12.1 Å². The van der Waals surface area contributed by atoms with Crippen molar-refractivity contribution in [1.82, 2.24) is 5.32 Å². The van der Waals surface area contributed by atoms with Crippen LogP contribution in [0.1, 0.15) is 40.0 Å². The first-order valence-corrected chi connectivity index (χ1v) is 5.95. The van der Waals surface area contributed by atoms with Crippen molar-refractivity contribution in [3.8, 4) is 0 Å². The third-order valence-corrected chi connectivity index (χ3v) is 3.64. The molecule has 0 unspecified atom stereocenters. The average Bonchev–Trinajstić information content (AvgIpc) is 2.52. The molecule has 3 aliphatic rings. The fourth-order valence-corrected chi connectivity index (χ4v) is 2.87. The molecule has 0 aromatic carbocycles. The molecule has 0 aromatic rings. The van der Waals surface area contributed by atoms with E-state index in [4.69, 9.17) is 9.84 Å². The Bertz CT molecular complexity index is 352. The first-order chi connectivity index (χ1) is 7.72. The largest absolute Gasteiger partial charge is 0.481 e. The number of carboxylic acid groups (broad SMARTS) is 1. The molecule has 0 spiro atoms.